The summed E-state index contributed by atoms with van der Waals surface area (Å²) in [4.78, 5) is 13.4. The second kappa shape index (κ2) is 10.3. The minimum atomic E-state index is -0.886. The van der Waals surface area contributed by atoms with Crippen molar-refractivity contribution >= 4 is 43.8 Å². The van der Waals surface area contributed by atoms with Crippen molar-refractivity contribution in [1.29, 1.82) is 0 Å². The summed E-state index contributed by atoms with van der Waals surface area (Å²) in [6, 6.07) is 16.8. The molecule has 0 aliphatic rings. The van der Waals surface area contributed by atoms with Crippen LogP contribution in [0.1, 0.15) is 0 Å². The van der Waals surface area contributed by atoms with Crippen molar-refractivity contribution in [1.82, 2.24) is 57.7 Å². The molecule has 40 heavy (non-hydrogen) atoms. The third-order valence-electron chi connectivity index (χ3n) is 6.35. The Morgan fingerprint density at radius 1 is 0.500 bits per heavy atom. The zero-order chi connectivity index (χ0) is 28.0. The Hall–Kier alpha value is -4.41. The molecule has 1 radical (unpaired) electrons. The van der Waals surface area contributed by atoms with Gasteiger partial charge < -0.3 is 27.5 Å². The van der Waals surface area contributed by atoms with E-state index >= 15 is 0 Å². The molecule has 0 unspecified atom stereocenters. The van der Waals surface area contributed by atoms with E-state index in [4.69, 9.17) is 51.9 Å². The Kier molecular flexibility index (Phi) is 6.65. The van der Waals surface area contributed by atoms with Crippen LogP contribution < -0.4 is 0 Å². The second-order valence-electron chi connectivity index (χ2n) is 8.82. The molecular formula is C24H21BN12S3-. The molecule has 0 saturated carbocycles. The molecule has 0 aromatic carbocycles. The lowest BCUT2D eigenvalue weighted by molar-refractivity contribution is 0.741. The van der Waals surface area contributed by atoms with Crippen LogP contribution >= 0.6 is 36.7 Å². The molecule has 6 heterocycles. The van der Waals surface area contributed by atoms with E-state index in [-0.39, 0.29) is 0 Å². The highest BCUT2D eigenvalue weighted by Crippen LogP contribution is 2.20. The Morgan fingerprint density at radius 3 is 1.05 bits per heavy atom. The summed E-state index contributed by atoms with van der Waals surface area (Å²) >= 11 is 17.7. The van der Waals surface area contributed by atoms with Crippen molar-refractivity contribution in [2.24, 2.45) is 21.1 Å². The molecule has 0 amide bonds. The molecule has 0 saturated heterocycles. The van der Waals surface area contributed by atoms with Crippen LogP contribution in [0.25, 0.3) is 34.6 Å². The highest BCUT2D eigenvalue weighted by Gasteiger charge is 2.23. The second-order valence-corrected chi connectivity index (χ2v) is 9.92. The van der Waals surface area contributed by atoms with Gasteiger partial charge >= 0.3 is 0 Å². The summed E-state index contributed by atoms with van der Waals surface area (Å²) in [5.74, 6) is 1.70. The van der Waals surface area contributed by atoms with Gasteiger partial charge in [0.1, 0.15) is 17.1 Å². The lowest BCUT2D eigenvalue weighted by Gasteiger charge is -2.28. The van der Waals surface area contributed by atoms with E-state index < -0.39 is 7.12 Å². The van der Waals surface area contributed by atoms with E-state index in [1.54, 1.807) is 46.1 Å². The van der Waals surface area contributed by atoms with Crippen molar-refractivity contribution < 1.29 is 0 Å². The minimum Gasteiger partial charge on any atom is -0.394 e. The Morgan fingerprint density at radius 2 is 0.800 bits per heavy atom. The third-order valence-corrected chi connectivity index (χ3v) is 7.73. The number of hydrogen-bond acceptors (Lipinski definition) is 9. The van der Waals surface area contributed by atoms with Crippen molar-refractivity contribution in [3.05, 3.63) is 87.5 Å². The average molecular weight is 585 g/mol. The Bertz CT molecular complexity index is 1770. The fraction of sp³-hybridized carbons (Fsp3) is 0.125. The lowest BCUT2D eigenvalue weighted by atomic mass is 9.96. The normalized spacial score (nSPS) is 11.4. The molecule has 0 aliphatic carbocycles. The summed E-state index contributed by atoms with van der Waals surface area (Å²) in [6.45, 7) is 0. The first-order valence-electron chi connectivity index (χ1n) is 12.1. The van der Waals surface area contributed by atoms with E-state index in [9.17, 15) is 0 Å². The van der Waals surface area contributed by atoms with Gasteiger partial charge in [-0.15, -0.1) is 0 Å². The number of rotatable bonds is 6. The Labute approximate surface area is 244 Å². The lowest BCUT2D eigenvalue weighted by Crippen LogP contribution is -2.44. The maximum Gasteiger partial charge on any atom is 0.271 e. The van der Waals surface area contributed by atoms with Crippen LogP contribution in [0.3, 0.4) is 0 Å². The van der Waals surface area contributed by atoms with Gasteiger partial charge in [0.05, 0.1) is 0 Å². The van der Waals surface area contributed by atoms with E-state index in [0.29, 0.717) is 48.9 Å². The largest absolute Gasteiger partial charge is 0.394 e. The third kappa shape index (κ3) is 4.25. The minimum absolute atomic E-state index is 0.393. The van der Waals surface area contributed by atoms with E-state index in [1.165, 1.54) is 0 Å². The molecule has 6 aromatic rings. The molecule has 16 heteroatoms. The van der Waals surface area contributed by atoms with Gasteiger partial charge in [-0.2, -0.15) is 15.3 Å². The van der Waals surface area contributed by atoms with E-state index in [0.717, 1.165) is 0 Å². The molecule has 0 bridgehead atoms. The molecule has 6 rings (SSSR count). The molecule has 0 aliphatic heterocycles. The van der Waals surface area contributed by atoms with Gasteiger partial charge in [0.15, 0.2) is 31.8 Å². The zero-order valence-electron chi connectivity index (χ0n) is 21.6. The summed E-state index contributed by atoms with van der Waals surface area (Å²) in [6.07, 6.45) is 5.12. The van der Waals surface area contributed by atoms with Crippen LogP contribution in [0.4, 0.5) is 0 Å². The highest BCUT2D eigenvalue weighted by molar-refractivity contribution is 7.71. The molecule has 0 fully saturated rings. The zero-order valence-corrected chi connectivity index (χ0v) is 24.0. The summed E-state index contributed by atoms with van der Waals surface area (Å²) in [7, 11) is 4.62. The van der Waals surface area contributed by atoms with Crippen LogP contribution in [-0.2, 0) is 21.1 Å². The quantitative estimate of drug-likeness (QED) is 0.214. The molecular weight excluding hydrogens is 563 g/mol. The van der Waals surface area contributed by atoms with E-state index in [2.05, 4.69) is 15.0 Å². The van der Waals surface area contributed by atoms with Crippen LogP contribution in [0.15, 0.2) is 73.2 Å². The molecule has 199 valence electrons. The first-order chi connectivity index (χ1) is 19.4. The van der Waals surface area contributed by atoms with Crippen molar-refractivity contribution in [2.75, 3.05) is 0 Å². The smallest absolute Gasteiger partial charge is 0.271 e. The molecule has 12 nitrogen and oxygen atoms in total. The fourth-order valence-electron chi connectivity index (χ4n) is 4.28. The maximum atomic E-state index is 5.89. The topological polar surface area (TPSA) is 107 Å². The van der Waals surface area contributed by atoms with Crippen molar-refractivity contribution in [2.45, 2.75) is 0 Å². The summed E-state index contributed by atoms with van der Waals surface area (Å²) in [5.41, 5.74) is 1.98. The van der Waals surface area contributed by atoms with Gasteiger partial charge in [0.25, 0.3) is 7.12 Å². The number of pyridine rings is 3. The maximum absolute atomic E-state index is 5.89. The molecule has 0 spiro atoms. The van der Waals surface area contributed by atoms with Crippen molar-refractivity contribution in [3.8, 4) is 34.6 Å². The van der Waals surface area contributed by atoms with Gasteiger partial charge in [-0.05, 0) is 73.1 Å². The number of hydrogen-bond donors (Lipinski definition) is 0. The average Bonchev–Trinajstić information content (AvgIpc) is 3.57. The number of aromatic nitrogens is 12. The number of nitrogens with zero attached hydrogens (tertiary/aromatic N) is 12. The first-order valence-corrected chi connectivity index (χ1v) is 13.3. The molecule has 0 atom stereocenters. The predicted molar refractivity (Wildman–Crippen MR) is 158 cm³/mol. The standard InChI is InChI=1S/C24H21BN12S3/c1-32-19(16-10-4-7-13-26-16)29-35(22(32)38)25(36-23(39)33(2)20(30-36)17-11-5-8-14-27-17)37-24(40)34(3)21(31-37)18-12-6-9-15-28-18/h4-15H,1-3H3/q-1. The van der Waals surface area contributed by atoms with Crippen LogP contribution in [-0.4, -0.2) is 64.8 Å². The van der Waals surface area contributed by atoms with Crippen LogP contribution in [0, 0.1) is 14.3 Å². The first kappa shape index (κ1) is 25.9. The van der Waals surface area contributed by atoms with Gasteiger partial charge in [-0.3, -0.25) is 15.0 Å². The monoisotopic (exact) mass is 584 g/mol. The fourth-order valence-corrected chi connectivity index (χ4v) is 4.95. The van der Waals surface area contributed by atoms with Crippen LogP contribution in [0.5, 0.6) is 0 Å². The van der Waals surface area contributed by atoms with Gasteiger partial charge in [-0.25, -0.2) is 0 Å². The van der Waals surface area contributed by atoms with E-state index in [1.807, 2.05) is 75.7 Å². The van der Waals surface area contributed by atoms with Gasteiger partial charge in [0, 0.05) is 39.7 Å². The molecule has 6 aromatic heterocycles. The predicted octanol–water partition coefficient (Wildman–Crippen LogP) is 3.60. The summed E-state index contributed by atoms with van der Waals surface area (Å²) < 4.78 is 11.4. The SMILES string of the molecule is Cn1c(-c2ccccn2)nn([B-](n2nc(-c3ccccn3)n(C)c2=S)n2nc(-c3ccccn3)n(C)c2=S)c1=S. The summed E-state index contributed by atoms with van der Waals surface area (Å²) in [5, 5.41) is 14.7. The van der Waals surface area contributed by atoms with Gasteiger partial charge in [-0.1, -0.05) is 18.2 Å². The van der Waals surface area contributed by atoms with Gasteiger partial charge in [0.2, 0.25) is 0 Å². The Balaban J connectivity index is 1.63. The highest BCUT2D eigenvalue weighted by atomic mass is 32.1. The van der Waals surface area contributed by atoms with Crippen LogP contribution in [0.2, 0.25) is 0 Å². The van der Waals surface area contributed by atoms with Crippen molar-refractivity contribution in [3.63, 3.8) is 0 Å². The molecule has 0 N–H and O–H groups in total.